The zero-order chi connectivity index (χ0) is 33.2. The lowest BCUT2D eigenvalue weighted by Gasteiger charge is -2.26. The predicted molar refractivity (Wildman–Crippen MR) is 186 cm³/mol. The molecule has 2 heterocycles. The number of nitrogens with zero attached hydrogens (tertiary/aromatic N) is 1. The number of halogens is 1. The Labute approximate surface area is 268 Å². The fourth-order valence-corrected chi connectivity index (χ4v) is 5.11. The Morgan fingerprint density at radius 3 is 2.30 bits per heavy atom. The van der Waals surface area contributed by atoms with Gasteiger partial charge in [0.15, 0.2) is 5.78 Å². The number of aromatic amines is 1. The van der Waals surface area contributed by atoms with Gasteiger partial charge in [0.25, 0.3) is 0 Å². The molecule has 2 unspecified atom stereocenters. The van der Waals surface area contributed by atoms with E-state index in [-0.39, 0.29) is 30.0 Å². The minimum Gasteiger partial charge on any atom is -0.493 e. The maximum absolute atomic E-state index is 13.8. The first-order chi connectivity index (χ1) is 21.1. The van der Waals surface area contributed by atoms with E-state index >= 15 is 0 Å². The fraction of sp³-hybridized carbons (Fsp3) is 0.538. The largest absolute Gasteiger partial charge is 0.493 e. The first-order valence-electron chi connectivity index (χ1n) is 16.9. The molecular formula is C39H59FN2O2. The Kier molecular flexibility index (Phi) is 18.3. The third kappa shape index (κ3) is 11.1. The number of benzene rings is 1. The lowest BCUT2D eigenvalue weighted by atomic mass is 9.82. The Morgan fingerprint density at radius 2 is 1.75 bits per heavy atom. The number of hydrogen-bond acceptors (Lipinski definition) is 3. The normalized spacial score (nSPS) is 15.7. The van der Waals surface area contributed by atoms with Crippen molar-refractivity contribution in [2.24, 2.45) is 17.8 Å². The number of carbonyl (C=O) groups is 1. The molecule has 0 spiro atoms. The maximum atomic E-state index is 13.8. The first kappa shape index (κ1) is 38.8. The lowest BCUT2D eigenvalue weighted by Crippen LogP contribution is -2.30. The van der Waals surface area contributed by atoms with Gasteiger partial charge in [-0.1, -0.05) is 113 Å². The molecule has 5 heteroatoms. The van der Waals surface area contributed by atoms with Crippen molar-refractivity contribution in [1.82, 2.24) is 10.2 Å². The van der Waals surface area contributed by atoms with E-state index < -0.39 is 0 Å². The van der Waals surface area contributed by atoms with E-state index in [0.717, 1.165) is 40.8 Å². The highest BCUT2D eigenvalue weighted by atomic mass is 19.1. The smallest absolute Gasteiger partial charge is 0.169 e. The van der Waals surface area contributed by atoms with Crippen LogP contribution in [0.1, 0.15) is 118 Å². The van der Waals surface area contributed by atoms with Crippen LogP contribution in [-0.4, -0.2) is 22.6 Å². The summed E-state index contributed by atoms with van der Waals surface area (Å²) in [5.41, 5.74) is 6.51. The predicted octanol–water partition coefficient (Wildman–Crippen LogP) is 11.1. The monoisotopic (exact) mass is 606 g/mol. The van der Waals surface area contributed by atoms with Crippen molar-refractivity contribution < 1.29 is 13.9 Å². The fourth-order valence-electron chi connectivity index (χ4n) is 5.11. The van der Waals surface area contributed by atoms with Crippen LogP contribution in [0.3, 0.4) is 0 Å². The molecule has 0 saturated carbocycles. The third-order valence-electron chi connectivity index (χ3n) is 8.10. The zero-order valence-electron chi connectivity index (χ0n) is 29.3. The number of Topliss-reactive ketones (excluding diaryl/α,β-unsaturated/α-hetero) is 1. The van der Waals surface area contributed by atoms with E-state index in [1.165, 1.54) is 43.4 Å². The summed E-state index contributed by atoms with van der Waals surface area (Å²) in [6, 6.07) is 4.48. The van der Waals surface area contributed by atoms with Crippen LogP contribution in [0.5, 0.6) is 5.75 Å². The van der Waals surface area contributed by atoms with Gasteiger partial charge in [0, 0.05) is 16.8 Å². The number of nitrogens with one attached hydrogen (secondary N) is 1. The summed E-state index contributed by atoms with van der Waals surface area (Å²) in [7, 11) is 0. The number of hydrogen-bond donors (Lipinski definition) is 1. The molecule has 0 bridgehead atoms. The summed E-state index contributed by atoms with van der Waals surface area (Å²) in [6.45, 7) is 25.6. The van der Waals surface area contributed by atoms with Crippen LogP contribution in [0.15, 0.2) is 65.9 Å². The maximum Gasteiger partial charge on any atom is 0.169 e. The molecule has 0 radical (unpaired) electrons. The van der Waals surface area contributed by atoms with Crippen LogP contribution >= 0.6 is 0 Å². The molecule has 0 saturated heterocycles. The van der Waals surface area contributed by atoms with Gasteiger partial charge in [-0.15, -0.1) is 0 Å². The van der Waals surface area contributed by atoms with Gasteiger partial charge in [-0.3, -0.25) is 9.89 Å². The molecule has 3 rings (SSSR count). The van der Waals surface area contributed by atoms with Gasteiger partial charge < -0.3 is 4.74 Å². The van der Waals surface area contributed by atoms with Crippen LogP contribution in [0, 0.1) is 23.6 Å². The molecule has 1 aliphatic rings. The average Bonchev–Trinajstić information content (AvgIpc) is 3.52. The van der Waals surface area contributed by atoms with Crippen molar-refractivity contribution in [3.8, 4) is 5.75 Å². The van der Waals surface area contributed by atoms with Crippen LogP contribution in [0.25, 0.3) is 5.57 Å². The van der Waals surface area contributed by atoms with Crippen LogP contribution in [0.4, 0.5) is 4.39 Å². The molecule has 244 valence electrons. The van der Waals surface area contributed by atoms with Gasteiger partial charge in [-0.05, 0) is 78.5 Å². The number of H-pyrrole nitrogens is 1. The number of aryl methyl sites for hydroxylation is 1. The molecule has 44 heavy (non-hydrogen) atoms. The van der Waals surface area contributed by atoms with Crippen LogP contribution < -0.4 is 4.74 Å². The van der Waals surface area contributed by atoms with E-state index in [4.69, 9.17) is 4.74 Å². The third-order valence-corrected chi connectivity index (χ3v) is 8.10. The molecular weight excluding hydrogens is 547 g/mol. The highest BCUT2D eigenvalue weighted by Gasteiger charge is 2.30. The van der Waals surface area contributed by atoms with Gasteiger partial charge >= 0.3 is 0 Å². The minimum absolute atomic E-state index is 0.00323. The SMILES string of the molecule is C=C(C(=C\C=C(\c1cn[nH]c1CC)C(C)CC)/C(=C\C)C(=O)C1COc2ccc(F)cc2C1)C(C)C.CC.CCCCCC. The number of allylic oxidation sites excluding steroid dienone is 7. The van der Waals surface area contributed by atoms with Crippen molar-refractivity contribution >= 4 is 11.4 Å². The summed E-state index contributed by atoms with van der Waals surface area (Å²) in [6.07, 6.45) is 15.8. The highest BCUT2D eigenvalue weighted by molar-refractivity contribution is 6.02. The average molecular weight is 607 g/mol. The van der Waals surface area contributed by atoms with Crippen LogP contribution in [0.2, 0.25) is 0 Å². The van der Waals surface area contributed by atoms with Crippen LogP contribution in [-0.2, 0) is 17.6 Å². The lowest BCUT2D eigenvalue weighted by molar-refractivity contribution is -0.120. The molecule has 0 aliphatic carbocycles. The Bertz CT molecular complexity index is 1260. The molecule has 1 aliphatic heterocycles. The van der Waals surface area contributed by atoms with E-state index in [0.29, 0.717) is 23.7 Å². The number of unbranched alkanes of at least 4 members (excludes halogenated alkanes) is 3. The second kappa shape index (κ2) is 20.7. The molecule has 2 atom stereocenters. The van der Waals surface area contributed by atoms with Crippen molar-refractivity contribution in [3.63, 3.8) is 0 Å². The number of ketones is 1. The molecule has 0 fully saturated rings. The van der Waals surface area contributed by atoms with Crippen molar-refractivity contribution in [2.75, 3.05) is 6.61 Å². The van der Waals surface area contributed by atoms with Gasteiger partial charge in [-0.25, -0.2) is 4.39 Å². The molecule has 1 aromatic carbocycles. The molecule has 1 N–H and O–H groups in total. The summed E-state index contributed by atoms with van der Waals surface area (Å²) in [4.78, 5) is 13.8. The second-order valence-corrected chi connectivity index (χ2v) is 11.5. The number of carbonyl (C=O) groups excluding carboxylic acids is 1. The number of aromatic nitrogens is 2. The molecule has 1 aromatic heterocycles. The van der Waals surface area contributed by atoms with E-state index in [2.05, 4.69) is 71.3 Å². The van der Waals surface area contributed by atoms with Gasteiger partial charge in [0.05, 0.1) is 18.7 Å². The van der Waals surface area contributed by atoms with E-state index in [1.807, 2.05) is 39.1 Å². The van der Waals surface area contributed by atoms with E-state index in [9.17, 15) is 9.18 Å². The van der Waals surface area contributed by atoms with Gasteiger partial charge in [0.2, 0.25) is 0 Å². The second-order valence-electron chi connectivity index (χ2n) is 11.5. The Morgan fingerprint density at radius 1 is 1.09 bits per heavy atom. The topological polar surface area (TPSA) is 55.0 Å². The standard InChI is InChI=1S/C31H39FN2O2.C6H14.C2H6/c1-8-20(6)26(28-17-33-34-29(28)10-3)12-13-27(21(7)19(4)5)25(9-2)31(35)23-15-22-16-24(32)11-14-30(22)36-18-23;1-3-5-6-4-2;1-2/h9,11-14,16-17,19-20,23H,7-8,10,15,18H2,1-6H3,(H,33,34);3-6H2,1-2H3;1-2H3/b25-9+,26-12+,27-13+;;. The van der Waals surface area contributed by atoms with Crippen molar-refractivity contribution in [3.05, 3.63) is 88.6 Å². The quantitative estimate of drug-likeness (QED) is 0.140. The molecule has 0 amide bonds. The summed E-state index contributed by atoms with van der Waals surface area (Å²) < 4.78 is 19.7. The van der Waals surface area contributed by atoms with Gasteiger partial charge in [-0.2, -0.15) is 5.10 Å². The highest BCUT2D eigenvalue weighted by Crippen LogP contribution is 2.34. The minimum atomic E-state index is -0.382. The summed E-state index contributed by atoms with van der Waals surface area (Å²) in [5, 5.41) is 7.39. The molecule has 4 nitrogen and oxygen atoms in total. The first-order valence-corrected chi connectivity index (χ1v) is 16.9. The Balaban J connectivity index is 0.00000108. The van der Waals surface area contributed by atoms with E-state index in [1.54, 1.807) is 6.07 Å². The summed E-state index contributed by atoms with van der Waals surface area (Å²) in [5.74, 6) is 0.429. The van der Waals surface area contributed by atoms with Crippen molar-refractivity contribution in [2.45, 2.75) is 114 Å². The zero-order valence-corrected chi connectivity index (χ0v) is 29.3. The molecule has 2 aromatic rings. The van der Waals surface area contributed by atoms with Crippen molar-refractivity contribution in [1.29, 1.82) is 0 Å². The van der Waals surface area contributed by atoms with Gasteiger partial charge in [0.1, 0.15) is 11.6 Å². The number of fused-ring (bicyclic) bond motifs is 1. The summed E-state index contributed by atoms with van der Waals surface area (Å²) >= 11 is 0. The Hall–Kier alpha value is -3.21. The number of rotatable bonds is 13. The number of ether oxygens (including phenoxy) is 1.